The number of carbonyl (C=O) groups is 1. The second-order valence-corrected chi connectivity index (χ2v) is 2.13. The first-order valence-corrected chi connectivity index (χ1v) is 3.61. The minimum Gasteiger partial charge on any atom is -0.438 e. The fourth-order valence-corrected chi connectivity index (χ4v) is 0.681. The van der Waals surface area contributed by atoms with Crippen molar-refractivity contribution in [3.63, 3.8) is 0 Å². The Hall–Kier alpha value is -0.990. The highest BCUT2D eigenvalue weighted by molar-refractivity contribution is 5.60. The molecule has 0 saturated carbocycles. The van der Waals surface area contributed by atoms with Crippen LogP contribution in [0.5, 0.6) is 0 Å². The summed E-state index contributed by atoms with van der Waals surface area (Å²) in [5, 5.41) is 0. The minimum absolute atomic E-state index is 0.215. The molecule has 64 valence electrons. The zero-order valence-electron chi connectivity index (χ0n) is 7.00. The molecule has 3 nitrogen and oxygen atoms in total. The average molecular weight is 158 g/mol. The Morgan fingerprint density at radius 2 is 2.36 bits per heavy atom. The van der Waals surface area contributed by atoms with Gasteiger partial charge in [0.1, 0.15) is 6.10 Å². The number of hydrogen-bond donors (Lipinski definition) is 0. The lowest BCUT2D eigenvalue weighted by atomic mass is 10.2. The number of ether oxygens (including phenoxy) is 2. The standard InChI is InChI=1S/C8H14O3/c1-4-6-7(5-2)11-8(9)10-3/h5,7H,2,4,6H2,1,3H3. The SMILES string of the molecule is C=CC(CCC)OC(=O)OC. The number of hydrogen-bond acceptors (Lipinski definition) is 3. The van der Waals surface area contributed by atoms with Crippen molar-refractivity contribution < 1.29 is 14.3 Å². The smallest absolute Gasteiger partial charge is 0.438 e. The van der Waals surface area contributed by atoms with Gasteiger partial charge in [0.05, 0.1) is 7.11 Å². The Morgan fingerprint density at radius 3 is 2.73 bits per heavy atom. The molecule has 0 amide bonds. The highest BCUT2D eigenvalue weighted by Gasteiger charge is 2.08. The van der Waals surface area contributed by atoms with E-state index in [1.165, 1.54) is 7.11 Å². The van der Waals surface area contributed by atoms with Crippen LogP contribution in [0.2, 0.25) is 0 Å². The van der Waals surface area contributed by atoms with Gasteiger partial charge in [0.15, 0.2) is 0 Å². The molecule has 0 aromatic heterocycles. The fourth-order valence-electron chi connectivity index (χ4n) is 0.681. The Morgan fingerprint density at radius 1 is 1.73 bits per heavy atom. The summed E-state index contributed by atoms with van der Waals surface area (Å²) in [6.07, 6.45) is 2.47. The van der Waals surface area contributed by atoms with Crippen LogP contribution in [0, 0.1) is 0 Å². The van der Waals surface area contributed by atoms with Crippen molar-refractivity contribution in [2.45, 2.75) is 25.9 Å². The van der Waals surface area contributed by atoms with E-state index in [-0.39, 0.29) is 6.10 Å². The molecule has 1 unspecified atom stereocenters. The molecule has 1 atom stereocenters. The summed E-state index contributed by atoms with van der Waals surface area (Å²) in [5.74, 6) is 0. The van der Waals surface area contributed by atoms with E-state index in [2.05, 4.69) is 11.3 Å². The van der Waals surface area contributed by atoms with E-state index in [1.54, 1.807) is 6.08 Å². The van der Waals surface area contributed by atoms with Crippen molar-refractivity contribution in [3.8, 4) is 0 Å². The normalized spacial score (nSPS) is 11.8. The molecule has 0 aliphatic heterocycles. The Balaban J connectivity index is 3.67. The van der Waals surface area contributed by atoms with E-state index in [9.17, 15) is 4.79 Å². The fraction of sp³-hybridized carbons (Fsp3) is 0.625. The molecule has 0 aliphatic rings. The van der Waals surface area contributed by atoms with Gasteiger partial charge >= 0.3 is 6.16 Å². The molecular weight excluding hydrogens is 144 g/mol. The van der Waals surface area contributed by atoms with Crippen LogP contribution in [-0.2, 0) is 9.47 Å². The van der Waals surface area contributed by atoms with Gasteiger partial charge in [-0.2, -0.15) is 0 Å². The molecule has 0 bridgehead atoms. The van der Waals surface area contributed by atoms with Gasteiger partial charge in [0, 0.05) is 0 Å². The maximum absolute atomic E-state index is 10.6. The van der Waals surface area contributed by atoms with Gasteiger partial charge in [0.25, 0.3) is 0 Å². The first-order valence-electron chi connectivity index (χ1n) is 3.61. The largest absolute Gasteiger partial charge is 0.508 e. The van der Waals surface area contributed by atoms with Crippen LogP contribution in [0.25, 0.3) is 0 Å². The van der Waals surface area contributed by atoms with Crippen molar-refractivity contribution in [3.05, 3.63) is 12.7 Å². The quantitative estimate of drug-likeness (QED) is 0.464. The second-order valence-electron chi connectivity index (χ2n) is 2.13. The van der Waals surface area contributed by atoms with Gasteiger partial charge in [-0.3, -0.25) is 0 Å². The summed E-state index contributed by atoms with van der Waals surface area (Å²) in [5.41, 5.74) is 0. The van der Waals surface area contributed by atoms with Gasteiger partial charge in [-0.15, -0.1) is 0 Å². The van der Waals surface area contributed by atoms with E-state index < -0.39 is 6.16 Å². The Bertz CT molecular complexity index is 131. The summed E-state index contributed by atoms with van der Waals surface area (Å²) in [6, 6.07) is 0. The van der Waals surface area contributed by atoms with Crippen LogP contribution in [0.4, 0.5) is 4.79 Å². The molecule has 0 aromatic carbocycles. The van der Waals surface area contributed by atoms with E-state index in [0.29, 0.717) is 0 Å². The molecular formula is C8H14O3. The zero-order valence-corrected chi connectivity index (χ0v) is 7.00. The minimum atomic E-state index is -0.650. The van der Waals surface area contributed by atoms with Crippen LogP contribution in [0.15, 0.2) is 12.7 Å². The molecule has 0 spiro atoms. The molecule has 0 heterocycles. The van der Waals surface area contributed by atoms with Crippen molar-refractivity contribution >= 4 is 6.16 Å². The maximum atomic E-state index is 10.6. The van der Waals surface area contributed by atoms with Crippen molar-refractivity contribution in [2.75, 3.05) is 7.11 Å². The molecule has 0 fully saturated rings. The lowest BCUT2D eigenvalue weighted by Gasteiger charge is -2.10. The van der Waals surface area contributed by atoms with Gasteiger partial charge in [-0.1, -0.05) is 26.0 Å². The topological polar surface area (TPSA) is 35.5 Å². The van der Waals surface area contributed by atoms with E-state index >= 15 is 0 Å². The lowest BCUT2D eigenvalue weighted by molar-refractivity contribution is 0.0499. The van der Waals surface area contributed by atoms with Crippen LogP contribution < -0.4 is 0 Å². The third-order valence-electron chi connectivity index (χ3n) is 1.25. The van der Waals surface area contributed by atoms with Gasteiger partial charge in [-0.25, -0.2) is 4.79 Å². The van der Waals surface area contributed by atoms with Crippen molar-refractivity contribution in [1.82, 2.24) is 0 Å². The average Bonchev–Trinajstić information content (AvgIpc) is 2.03. The molecule has 11 heavy (non-hydrogen) atoms. The van der Waals surface area contributed by atoms with Gasteiger partial charge in [0.2, 0.25) is 0 Å². The van der Waals surface area contributed by atoms with Crippen LogP contribution in [-0.4, -0.2) is 19.4 Å². The third-order valence-corrected chi connectivity index (χ3v) is 1.25. The molecule has 0 rings (SSSR count). The summed E-state index contributed by atoms with van der Waals surface area (Å²) in [6.45, 7) is 5.55. The number of carbonyl (C=O) groups excluding carboxylic acids is 1. The lowest BCUT2D eigenvalue weighted by Crippen LogP contribution is -2.15. The third kappa shape index (κ3) is 4.42. The first-order chi connectivity index (χ1) is 5.24. The van der Waals surface area contributed by atoms with E-state index in [4.69, 9.17) is 4.74 Å². The van der Waals surface area contributed by atoms with Gasteiger partial charge < -0.3 is 9.47 Å². The number of rotatable bonds is 4. The monoisotopic (exact) mass is 158 g/mol. The van der Waals surface area contributed by atoms with E-state index in [0.717, 1.165) is 12.8 Å². The highest BCUT2D eigenvalue weighted by Crippen LogP contribution is 2.03. The predicted octanol–water partition coefficient (Wildman–Crippen LogP) is 2.12. The molecule has 0 aliphatic carbocycles. The summed E-state index contributed by atoms with van der Waals surface area (Å²) in [7, 11) is 1.29. The maximum Gasteiger partial charge on any atom is 0.508 e. The molecule has 0 saturated heterocycles. The molecule has 0 aromatic rings. The Labute approximate surface area is 67.0 Å². The summed E-state index contributed by atoms with van der Waals surface area (Å²) < 4.78 is 9.13. The zero-order chi connectivity index (χ0) is 8.69. The predicted molar refractivity (Wildman–Crippen MR) is 42.4 cm³/mol. The van der Waals surface area contributed by atoms with Crippen LogP contribution >= 0.6 is 0 Å². The summed E-state index contributed by atoms with van der Waals surface area (Å²) >= 11 is 0. The first kappa shape index (κ1) is 10.0. The summed E-state index contributed by atoms with van der Waals surface area (Å²) in [4.78, 5) is 10.6. The number of methoxy groups -OCH3 is 1. The Kier molecular flexibility index (Phi) is 5.25. The van der Waals surface area contributed by atoms with Crippen molar-refractivity contribution in [1.29, 1.82) is 0 Å². The molecule has 0 N–H and O–H groups in total. The molecule has 0 radical (unpaired) electrons. The molecule has 3 heteroatoms. The second kappa shape index (κ2) is 5.77. The highest BCUT2D eigenvalue weighted by atomic mass is 16.7. The van der Waals surface area contributed by atoms with E-state index in [1.807, 2.05) is 6.92 Å². The van der Waals surface area contributed by atoms with Crippen molar-refractivity contribution in [2.24, 2.45) is 0 Å². The van der Waals surface area contributed by atoms with Crippen LogP contribution in [0.1, 0.15) is 19.8 Å². The van der Waals surface area contributed by atoms with Crippen LogP contribution in [0.3, 0.4) is 0 Å². The van der Waals surface area contributed by atoms with Gasteiger partial charge in [-0.05, 0) is 6.42 Å².